The van der Waals surface area contributed by atoms with Crippen LogP contribution in [0.3, 0.4) is 0 Å². The van der Waals surface area contributed by atoms with Gasteiger partial charge < -0.3 is 5.32 Å². The summed E-state index contributed by atoms with van der Waals surface area (Å²) in [4.78, 5) is 17.1. The van der Waals surface area contributed by atoms with Crippen molar-refractivity contribution in [1.29, 1.82) is 0 Å². The summed E-state index contributed by atoms with van der Waals surface area (Å²) in [6.45, 7) is 0. The third-order valence-corrected chi connectivity index (χ3v) is 4.47. The summed E-state index contributed by atoms with van der Waals surface area (Å²) >= 11 is 7.17. The van der Waals surface area contributed by atoms with E-state index in [0.717, 1.165) is 11.1 Å². The van der Waals surface area contributed by atoms with Crippen molar-refractivity contribution in [2.24, 2.45) is 0 Å². The van der Waals surface area contributed by atoms with Gasteiger partial charge in [0.25, 0.3) is 5.91 Å². The van der Waals surface area contributed by atoms with Crippen molar-refractivity contribution in [3.05, 3.63) is 87.3 Å². The zero-order chi connectivity index (χ0) is 15.4. The van der Waals surface area contributed by atoms with Gasteiger partial charge in [-0.1, -0.05) is 41.9 Å². The van der Waals surface area contributed by atoms with Gasteiger partial charge >= 0.3 is 0 Å². The van der Waals surface area contributed by atoms with E-state index in [9.17, 15) is 4.79 Å². The molecule has 3 aromatic rings. The maximum absolute atomic E-state index is 12.4. The monoisotopic (exact) mass is 328 g/mol. The van der Waals surface area contributed by atoms with E-state index in [-0.39, 0.29) is 11.9 Å². The minimum atomic E-state index is -0.224. The van der Waals surface area contributed by atoms with E-state index in [2.05, 4.69) is 10.3 Å². The standard InChI is InChI=1S/C17H13ClN2OS/c18-15-7-6-14(22-15)17(21)20-16(12-4-2-1-3-5-12)13-8-10-19-11-9-13/h1-11,16H,(H,20,21). The number of thiophene rings is 1. The molecule has 110 valence electrons. The number of nitrogens with zero attached hydrogens (tertiary/aromatic N) is 1. The van der Waals surface area contributed by atoms with E-state index in [1.807, 2.05) is 42.5 Å². The Morgan fingerprint density at radius 3 is 2.32 bits per heavy atom. The Labute approximate surface area is 137 Å². The molecule has 0 saturated carbocycles. The number of rotatable bonds is 4. The highest BCUT2D eigenvalue weighted by atomic mass is 35.5. The Balaban J connectivity index is 1.91. The van der Waals surface area contributed by atoms with Gasteiger partial charge in [0.15, 0.2) is 0 Å². The average Bonchev–Trinajstić information content (AvgIpc) is 3.01. The highest BCUT2D eigenvalue weighted by Crippen LogP contribution is 2.25. The molecule has 2 aromatic heterocycles. The summed E-state index contributed by atoms with van der Waals surface area (Å²) in [5.74, 6) is -0.137. The molecule has 0 aliphatic heterocycles. The fraction of sp³-hybridized carbons (Fsp3) is 0.0588. The molecule has 2 heterocycles. The van der Waals surface area contributed by atoms with Crippen molar-refractivity contribution in [3.8, 4) is 0 Å². The number of nitrogens with one attached hydrogen (secondary N) is 1. The van der Waals surface area contributed by atoms with Crippen LogP contribution in [-0.2, 0) is 0 Å². The summed E-state index contributed by atoms with van der Waals surface area (Å²) in [6, 6.07) is 16.9. The first kappa shape index (κ1) is 14.8. The van der Waals surface area contributed by atoms with E-state index in [1.165, 1.54) is 11.3 Å². The van der Waals surface area contributed by atoms with Crippen molar-refractivity contribution in [1.82, 2.24) is 10.3 Å². The molecule has 1 N–H and O–H groups in total. The lowest BCUT2D eigenvalue weighted by atomic mass is 9.99. The molecule has 0 aliphatic rings. The van der Waals surface area contributed by atoms with Crippen LogP contribution in [0.15, 0.2) is 67.0 Å². The Morgan fingerprint density at radius 2 is 1.68 bits per heavy atom. The van der Waals surface area contributed by atoms with Crippen molar-refractivity contribution in [2.75, 3.05) is 0 Å². The molecule has 0 saturated heterocycles. The molecule has 1 amide bonds. The molecule has 0 aliphatic carbocycles. The molecule has 1 atom stereocenters. The lowest BCUT2D eigenvalue weighted by molar-refractivity contribution is 0.0947. The van der Waals surface area contributed by atoms with Gasteiger partial charge in [-0.15, -0.1) is 11.3 Å². The minimum Gasteiger partial charge on any atom is -0.340 e. The first-order valence-electron chi connectivity index (χ1n) is 6.75. The number of carbonyl (C=O) groups excluding carboxylic acids is 1. The second kappa shape index (κ2) is 6.73. The molecular weight excluding hydrogens is 316 g/mol. The summed E-state index contributed by atoms with van der Waals surface area (Å²) in [6.07, 6.45) is 3.44. The number of benzene rings is 1. The average molecular weight is 329 g/mol. The molecule has 0 radical (unpaired) electrons. The first-order valence-corrected chi connectivity index (χ1v) is 7.94. The molecule has 3 rings (SSSR count). The van der Waals surface area contributed by atoms with Crippen LogP contribution in [0.25, 0.3) is 0 Å². The van der Waals surface area contributed by atoms with Crippen LogP contribution in [0.4, 0.5) is 0 Å². The highest BCUT2D eigenvalue weighted by molar-refractivity contribution is 7.18. The van der Waals surface area contributed by atoms with Gasteiger partial charge in [-0.3, -0.25) is 9.78 Å². The molecule has 0 fully saturated rings. The third kappa shape index (κ3) is 3.35. The maximum Gasteiger partial charge on any atom is 0.262 e. The predicted molar refractivity (Wildman–Crippen MR) is 89.3 cm³/mol. The van der Waals surface area contributed by atoms with Crippen LogP contribution in [0.1, 0.15) is 26.8 Å². The summed E-state index contributed by atoms with van der Waals surface area (Å²) in [7, 11) is 0. The second-order valence-electron chi connectivity index (χ2n) is 4.70. The van der Waals surface area contributed by atoms with Gasteiger partial charge in [0.2, 0.25) is 0 Å². The van der Waals surface area contributed by atoms with Crippen LogP contribution in [-0.4, -0.2) is 10.9 Å². The van der Waals surface area contributed by atoms with Crippen LogP contribution >= 0.6 is 22.9 Å². The topological polar surface area (TPSA) is 42.0 Å². The fourth-order valence-corrected chi connectivity index (χ4v) is 3.15. The van der Waals surface area contributed by atoms with Crippen molar-refractivity contribution in [3.63, 3.8) is 0 Å². The number of hydrogen-bond acceptors (Lipinski definition) is 3. The van der Waals surface area contributed by atoms with E-state index in [1.54, 1.807) is 24.5 Å². The van der Waals surface area contributed by atoms with E-state index < -0.39 is 0 Å². The molecule has 0 spiro atoms. The number of carbonyl (C=O) groups is 1. The summed E-state index contributed by atoms with van der Waals surface area (Å²) in [5.41, 5.74) is 2.00. The smallest absolute Gasteiger partial charge is 0.262 e. The Kier molecular flexibility index (Phi) is 4.51. The minimum absolute atomic E-state index is 0.137. The second-order valence-corrected chi connectivity index (χ2v) is 6.42. The third-order valence-electron chi connectivity index (χ3n) is 3.24. The molecule has 22 heavy (non-hydrogen) atoms. The summed E-state index contributed by atoms with van der Waals surface area (Å²) in [5, 5.41) is 3.06. The number of halogens is 1. The molecular formula is C17H13ClN2OS. The highest BCUT2D eigenvalue weighted by Gasteiger charge is 2.18. The van der Waals surface area contributed by atoms with Gasteiger partial charge in [0, 0.05) is 12.4 Å². The van der Waals surface area contributed by atoms with Crippen molar-refractivity contribution in [2.45, 2.75) is 6.04 Å². The zero-order valence-electron chi connectivity index (χ0n) is 11.6. The van der Waals surface area contributed by atoms with Crippen LogP contribution in [0.2, 0.25) is 4.34 Å². The first-order chi connectivity index (χ1) is 10.7. The molecule has 1 unspecified atom stereocenters. The number of hydrogen-bond donors (Lipinski definition) is 1. The van der Waals surface area contributed by atoms with Gasteiger partial charge in [-0.2, -0.15) is 0 Å². The van der Waals surface area contributed by atoms with Crippen LogP contribution in [0.5, 0.6) is 0 Å². The molecule has 5 heteroatoms. The molecule has 3 nitrogen and oxygen atoms in total. The Hall–Kier alpha value is -2.17. The van der Waals surface area contributed by atoms with Crippen molar-refractivity contribution < 1.29 is 4.79 Å². The lowest BCUT2D eigenvalue weighted by Gasteiger charge is -2.19. The summed E-state index contributed by atoms with van der Waals surface area (Å²) < 4.78 is 0.602. The largest absolute Gasteiger partial charge is 0.340 e. The number of aromatic nitrogens is 1. The molecule has 1 aromatic carbocycles. The maximum atomic E-state index is 12.4. The Morgan fingerprint density at radius 1 is 1.00 bits per heavy atom. The van der Waals surface area contributed by atoms with Gasteiger partial charge in [0.1, 0.15) is 0 Å². The van der Waals surface area contributed by atoms with E-state index in [0.29, 0.717) is 9.21 Å². The van der Waals surface area contributed by atoms with Gasteiger partial charge in [-0.05, 0) is 35.4 Å². The van der Waals surface area contributed by atoms with Crippen LogP contribution in [0, 0.1) is 0 Å². The van der Waals surface area contributed by atoms with Gasteiger partial charge in [0.05, 0.1) is 15.3 Å². The zero-order valence-corrected chi connectivity index (χ0v) is 13.1. The van der Waals surface area contributed by atoms with E-state index >= 15 is 0 Å². The van der Waals surface area contributed by atoms with Crippen LogP contribution < -0.4 is 5.32 Å². The SMILES string of the molecule is O=C(NC(c1ccccc1)c1ccncc1)c1ccc(Cl)s1. The van der Waals surface area contributed by atoms with Crippen molar-refractivity contribution >= 4 is 28.8 Å². The predicted octanol–water partition coefficient (Wildman–Crippen LogP) is 4.32. The normalized spacial score (nSPS) is 11.9. The fourth-order valence-electron chi connectivity index (χ4n) is 2.20. The number of amides is 1. The van der Waals surface area contributed by atoms with Gasteiger partial charge in [-0.25, -0.2) is 0 Å². The van der Waals surface area contributed by atoms with E-state index in [4.69, 9.17) is 11.6 Å². The molecule has 0 bridgehead atoms. The lowest BCUT2D eigenvalue weighted by Crippen LogP contribution is -2.28. The number of pyridine rings is 1. The quantitative estimate of drug-likeness (QED) is 0.775. The Bertz CT molecular complexity index is 719.